The van der Waals surface area contributed by atoms with Crippen molar-refractivity contribution in [1.29, 1.82) is 0 Å². The Kier molecular flexibility index (Phi) is 11.2. The highest BCUT2D eigenvalue weighted by Crippen LogP contribution is 2.31. The first-order valence-corrected chi connectivity index (χ1v) is 11.8. The lowest BCUT2D eigenvalue weighted by molar-refractivity contribution is -0.137. The summed E-state index contributed by atoms with van der Waals surface area (Å²) in [4.78, 5) is 39.6. The molecule has 200 valence electrons. The van der Waals surface area contributed by atoms with Gasteiger partial charge in [-0.15, -0.1) is 0 Å². The summed E-state index contributed by atoms with van der Waals surface area (Å²) in [7, 11) is 0. The lowest BCUT2D eigenvalue weighted by Gasteiger charge is -2.39. The van der Waals surface area contributed by atoms with Crippen LogP contribution in [0, 0.1) is 0 Å². The van der Waals surface area contributed by atoms with Crippen molar-refractivity contribution < 1.29 is 37.8 Å². The van der Waals surface area contributed by atoms with Gasteiger partial charge in [-0.2, -0.15) is 13.2 Å². The highest BCUT2D eigenvalue weighted by atomic mass is 19.4. The fourth-order valence-corrected chi connectivity index (χ4v) is 3.98. The van der Waals surface area contributed by atoms with E-state index in [1.54, 1.807) is 6.07 Å². The van der Waals surface area contributed by atoms with Crippen LogP contribution < -0.4 is 4.90 Å². The maximum absolute atomic E-state index is 12.9. The van der Waals surface area contributed by atoms with Gasteiger partial charge in [0.05, 0.1) is 5.56 Å². The largest absolute Gasteiger partial charge is 0.478 e. The Balaban J connectivity index is 0.000000493. The number of nitrogens with zero attached hydrogens (tertiary/aromatic N) is 4. The summed E-state index contributed by atoms with van der Waals surface area (Å²) < 4.78 is 38.7. The Morgan fingerprint density at radius 3 is 1.81 bits per heavy atom. The summed E-state index contributed by atoms with van der Waals surface area (Å²) in [6.07, 6.45) is -2.62. The SMILES string of the molecule is CCC(=O)N1CCN(CCN2CCN(c3cccc(C(F)(F)F)c3)CC2)CC1.O=C(O)/C=C/C(=O)O. The van der Waals surface area contributed by atoms with Gasteiger partial charge in [-0.25, -0.2) is 9.59 Å². The maximum atomic E-state index is 12.9. The third-order valence-corrected chi connectivity index (χ3v) is 6.04. The minimum atomic E-state index is -4.30. The van der Waals surface area contributed by atoms with Crippen LogP contribution in [0.15, 0.2) is 36.4 Å². The molecule has 0 aromatic heterocycles. The van der Waals surface area contributed by atoms with Crippen LogP contribution >= 0.6 is 0 Å². The molecule has 2 saturated heterocycles. The Hall–Kier alpha value is -3.12. The molecule has 0 saturated carbocycles. The number of carboxylic acids is 2. The molecule has 0 atom stereocenters. The van der Waals surface area contributed by atoms with Crippen molar-refractivity contribution in [1.82, 2.24) is 14.7 Å². The molecule has 2 heterocycles. The number of carbonyl (C=O) groups is 3. The van der Waals surface area contributed by atoms with Gasteiger partial charge < -0.3 is 20.0 Å². The number of hydrogen-bond donors (Lipinski definition) is 2. The van der Waals surface area contributed by atoms with E-state index in [-0.39, 0.29) is 5.91 Å². The average molecular weight is 515 g/mol. The van der Waals surface area contributed by atoms with E-state index in [0.29, 0.717) is 24.3 Å². The van der Waals surface area contributed by atoms with Crippen molar-refractivity contribution >= 4 is 23.5 Å². The first-order valence-electron chi connectivity index (χ1n) is 11.8. The van der Waals surface area contributed by atoms with Crippen LogP contribution in [-0.4, -0.2) is 108 Å². The quantitative estimate of drug-likeness (QED) is 0.534. The lowest BCUT2D eigenvalue weighted by Crippen LogP contribution is -2.52. The van der Waals surface area contributed by atoms with Crippen molar-refractivity contribution in [3.05, 3.63) is 42.0 Å². The van der Waals surface area contributed by atoms with E-state index in [0.717, 1.165) is 71.5 Å². The molecule has 0 spiro atoms. The van der Waals surface area contributed by atoms with Gasteiger partial charge in [0, 0.05) is 89.7 Å². The van der Waals surface area contributed by atoms with Gasteiger partial charge in [-0.3, -0.25) is 14.6 Å². The number of aliphatic carboxylic acids is 2. The molecule has 2 N–H and O–H groups in total. The number of anilines is 1. The van der Waals surface area contributed by atoms with Crippen molar-refractivity contribution in [3.63, 3.8) is 0 Å². The van der Waals surface area contributed by atoms with E-state index >= 15 is 0 Å². The van der Waals surface area contributed by atoms with E-state index in [9.17, 15) is 27.6 Å². The maximum Gasteiger partial charge on any atom is 0.416 e. The summed E-state index contributed by atoms with van der Waals surface area (Å²) in [5, 5.41) is 15.6. The number of piperazine rings is 2. The van der Waals surface area contributed by atoms with E-state index in [4.69, 9.17) is 10.2 Å². The Labute approximate surface area is 208 Å². The van der Waals surface area contributed by atoms with Crippen LogP contribution in [-0.2, 0) is 20.6 Å². The monoisotopic (exact) mass is 514 g/mol. The second kappa shape index (κ2) is 13.8. The van der Waals surface area contributed by atoms with Crippen LogP contribution in [0.3, 0.4) is 0 Å². The van der Waals surface area contributed by atoms with E-state index in [1.807, 2.05) is 16.7 Å². The Bertz CT molecular complexity index is 893. The minimum absolute atomic E-state index is 0.227. The molecule has 0 radical (unpaired) electrons. The molecule has 9 nitrogen and oxygen atoms in total. The van der Waals surface area contributed by atoms with Crippen LogP contribution in [0.4, 0.5) is 18.9 Å². The summed E-state index contributed by atoms with van der Waals surface area (Å²) in [5.74, 6) is -2.29. The van der Waals surface area contributed by atoms with Gasteiger partial charge in [0.15, 0.2) is 0 Å². The fraction of sp³-hybridized carbons (Fsp3) is 0.542. The van der Waals surface area contributed by atoms with Crippen molar-refractivity contribution in [3.8, 4) is 0 Å². The van der Waals surface area contributed by atoms with Crippen molar-refractivity contribution in [2.24, 2.45) is 0 Å². The van der Waals surface area contributed by atoms with Crippen LogP contribution in [0.25, 0.3) is 0 Å². The number of carboxylic acid groups (broad SMARTS) is 2. The molecule has 2 aliphatic heterocycles. The molecule has 1 amide bonds. The highest BCUT2D eigenvalue weighted by Gasteiger charge is 2.31. The third kappa shape index (κ3) is 9.86. The zero-order chi connectivity index (χ0) is 26.7. The van der Waals surface area contributed by atoms with Gasteiger partial charge in [0.1, 0.15) is 0 Å². The zero-order valence-corrected chi connectivity index (χ0v) is 20.3. The molecule has 1 aromatic carbocycles. The second-order valence-electron chi connectivity index (χ2n) is 8.46. The van der Waals surface area contributed by atoms with Crippen LogP contribution in [0.1, 0.15) is 18.9 Å². The number of hydrogen-bond acceptors (Lipinski definition) is 6. The van der Waals surface area contributed by atoms with Gasteiger partial charge >= 0.3 is 18.1 Å². The lowest BCUT2D eigenvalue weighted by atomic mass is 10.1. The molecule has 2 aliphatic rings. The first-order chi connectivity index (χ1) is 17.0. The first kappa shape index (κ1) is 29.1. The molecule has 2 fully saturated rings. The van der Waals surface area contributed by atoms with Gasteiger partial charge in [-0.05, 0) is 18.2 Å². The van der Waals surface area contributed by atoms with Crippen molar-refractivity contribution in [2.75, 3.05) is 70.3 Å². The zero-order valence-electron chi connectivity index (χ0n) is 20.3. The Morgan fingerprint density at radius 2 is 1.36 bits per heavy atom. The molecule has 3 rings (SSSR count). The third-order valence-electron chi connectivity index (χ3n) is 6.04. The number of alkyl halides is 3. The second-order valence-corrected chi connectivity index (χ2v) is 8.46. The predicted molar refractivity (Wildman–Crippen MR) is 128 cm³/mol. The predicted octanol–water partition coefficient (Wildman–Crippen LogP) is 2.09. The van der Waals surface area contributed by atoms with Crippen LogP contribution in [0.5, 0.6) is 0 Å². The Morgan fingerprint density at radius 1 is 0.861 bits per heavy atom. The van der Waals surface area contributed by atoms with Crippen LogP contribution in [0.2, 0.25) is 0 Å². The van der Waals surface area contributed by atoms with E-state index in [2.05, 4.69) is 9.80 Å². The minimum Gasteiger partial charge on any atom is -0.478 e. The molecular formula is C24H33F3N4O5. The van der Waals surface area contributed by atoms with Gasteiger partial charge in [-0.1, -0.05) is 13.0 Å². The fourth-order valence-electron chi connectivity index (χ4n) is 3.98. The molecule has 0 bridgehead atoms. The molecular weight excluding hydrogens is 481 g/mol. The number of halogens is 3. The number of carbonyl (C=O) groups excluding carboxylic acids is 1. The smallest absolute Gasteiger partial charge is 0.416 e. The number of rotatable bonds is 7. The molecule has 36 heavy (non-hydrogen) atoms. The average Bonchev–Trinajstić information content (AvgIpc) is 2.86. The van der Waals surface area contributed by atoms with Gasteiger partial charge in [0.2, 0.25) is 5.91 Å². The highest BCUT2D eigenvalue weighted by molar-refractivity contribution is 5.89. The van der Waals surface area contributed by atoms with E-state index < -0.39 is 23.7 Å². The summed E-state index contributed by atoms with van der Waals surface area (Å²) >= 11 is 0. The van der Waals surface area contributed by atoms with Crippen molar-refractivity contribution in [2.45, 2.75) is 19.5 Å². The summed E-state index contributed by atoms with van der Waals surface area (Å²) in [6, 6.07) is 5.59. The molecule has 12 heteroatoms. The standard InChI is InChI=1S/C20H29F3N4O.C4H4O4/c1-2-19(28)27-14-10-25(11-15-27)7-6-24-8-12-26(13-9-24)18-5-3-4-17(16-18)20(21,22)23;5-3(6)1-2-4(7)8/h3-5,16H,2,6-15H2,1H3;1-2H,(H,5,6)(H,7,8)/b;2-1+. The molecule has 1 aromatic rings. The van der Waals surface area contributed by atoms with E-state index in [1.165, 1.54) is 12.1 Å². The number of amides is 1. The normalized spacial score (nSPS) is 17.6. The topological polar surface area (TPSA) is 105 Å². The summed E-state index contributed by atoms with van der Waals surface area (Å²) in [6.45, 7) is 10.4. The molecule has 0 unspecified atom stereocenters. The number of benzene rings is 1. The molecule has 0 aliphatic carbocycles. The van der Waals surface area contributed by atoms with Gasteiger partial charge in [0.25, 0.3) is 0 Å². The summed E-state index contributed by atoms with van der Waals surface area (Å²) in [5.41, 5.74) is 0.0549.